The zero-order chi connectivity index (χ0) is 13.9. The SMILES string of the molecule is CCn1cc(COc2ccc3ccc(O)cc3c2)cn1. The number of phenolic OH excluding ortho intramolecular Hbond substituents is 1. The maximum atomic E-state index is 9.51. The zero-order valence-corrected chi connectivity index (χ0v) is 11.3. The molecule has 0 saturated carbocycles. The number of hydrogen-bond donors (Lipinski definition) is 1. The molecule has 0 bridgehead atoms. The summed E-state index contributed by atoms with van der Waals surface area (Å²) in [5.41, 5.74) is 1.04. The fourth-order valence-electron chi connectivity index (χ4n) is 2.12. The molecule has 102 valence electrons. The Hall–Kier alpha value is -2.49. The highest BCUT2D eigenvalue weighted by molar-refractivity contribution is 5.85. The number of rotatable bonds is 4. The molecular formula is C16H16N2O2. The first kappa shape index (κ1) is 12.5. The largest absolute Gasteiger partial charge is 0.508 e. The predicted molar refractivity (Wildman–Crippen MR) is 77.8 cm³/mol. The summed E-state index contributed by atoms with van der Waals surface area (Å²) < 4.78 is 7.64. The summed E-state index contributed by atoms with van der Waals surface area (Å²) in [6.07, 6.45) is 3.79. The molecule has 0 radical (unpaired) electrons. The molecule has 4 nitrogen and oxygen atoms in total. The van der Waals surface area contributed by atoms with Crippen LogP contribution in [-0.2, 0) is 13.2 Å². The highest BCUT2D eigenvalue weighted by Crippen LogP contribution is 2.24. The van der Waals surface area contributed by atoms with Crippen LogP contribution < -0.4 is 4.74 Å². The fraction of sp³-hybridized carbons (Fsp3) is 0.188. The van der Waals surface area contributed by atoms with Crippen LogP contribution in [-0.4, -0.2) is 14.9 Å². The number of aryl methyl sites for hydroxylation is 1. The molecule has 0 aliphatic heterocycles. The van der Waals surface area contributed by atoms with Crippen LogP contribution in [0.25, 0.3) is 10.8 Å². The van der Waals surface area contributed by atoms with E-state index in [1.54, 1.807) is 12.1 Å². The molecule has 0 unspecified atom stereocenters. The summed E-state index contributed by atoms with van der Waals surface area (Å²) in [5.74, 6) is 1.05. The first-order chi connectivity index (χ1) is 9.74. The van der Waals surface area contributed by atoms with Gasteiger partial charge in [-0.05, 0) is 42.0 Å². The van der Waals surface area contributed by atoms with E-state index in [4.69, 9.17) is 4.74 Å². The lowest BCUT2D eigenvalue weighted by molar-refractivity contribution is 0.306. The molecule has 0 spiro atoms. The van der Waals surface area contributed by atoms with Gasteiger partial charge in [-0.25, -0.2) is 0 Å². The minimum Gasteiger partial charge on any atom is -0.508 e. The topological polar surface area (TPSA) is 47.3 Å². The van der Waals surface area contributed by atoms with Gasteiger partial charge in [0, 0.05) is 18.3 Å². The van der Waals surface area contributed by atoms with E-state index >= 15 is 0 Å². The number of hydrogen-bond acceptors (Lipinski definition) is 3. The molecule has 0 aliphatic rings. The number of ether oxygens (including phenoxy) is 1. The summed E-state index contributed by atoms with van der Waals surface area (Å²) >= 11 is 0. The van der Waals surface area contributed by atoms with Crippen LogP contribution in [0.2, 0.25) is 0 Å². The van der Waals surface area contributed by atoms with Gasteiger partial charge in [-0.15, -0.1) is 0 Å². The van der Waals surface area contributed by atoms with Crippen molar-refractivity contribution in [3.63, 3.8) is 0 Å². The summed E-state index contributed by atoms with van der Waals surface area (Å²) in [4.78, 5) is 0. The maximum Gasteiger partial charge on any atom is 0.120 e. The number of benzene rings is 2. The Labute approximate surface area is 117 Å². The van der Waals surface area contributed by atoms with Crippen LogP contribution in [0.1, 0.15) is 12.5 Å². The summed E-state index contributed by atoms with van der Waals surface area (Å²) in [7, 11) is 0. The van der Waals surface area contributed by atoms with Gasteiger partial charge in [0.2, 0.25) is 0 Å². The van der Waals surface area contributed by atoms with Crippen molar-refractivity contribution in [2.24, 2.45) is 0 Å². The molecule has 1 heterocycles. The molecular weight excluding hydrogens is 252 g/mol. The van der Waals surface area contributed by atoms with E-state index in [0.29, 0.717) is 6.61 Å². The van der Waals surface area contributed by atoms with Crippen molar-refractivity contribution in [3.8, 4) is 11.5 Å². The van der Waals surface area contributed by atoms with Crippen LogP contribution in [0, 0.1) is 0 Å². The lowest BCUT2D eigenvalue weighted by Gasteiger charge is -2.06. The van der Waals surface area contributed by atoms with Crippen molar-refractivity contribution in [2.75, 3.05) is 0 Å². The highest BCUT2D eigenvalue weighted by atomic mass is 16.5. The monoisotopic (exact) mass is 268 g/mol. The second-order valence-corrected chi connectivity index (χ2v) is 4.69. The molecule has 3 aromatic rings. The molecule has 2 aromatic carbocycles. The van der Waals surface area contributed by atoms with Crippen LogP contribution in [0.5, 0.6) is 11.5 Å². The van der Waals surface area contributed by atoms with Crippen LogP contribution in [0.3, 0.4) is 0 Å². The van der Waals surface area contributed by atoms with Crippen molar-refractivity contribution >= 4 is 10.8 Å². The Bertz CT molecular complexity index is 734. The van der Waals surface area contributed by atoms with Gasteiger partial charge in [0.1, 0.15) is 18.1 Å². The van der Waals surface area contributed by atoms with Crippen LogP contribution >= 0.6 is 0 Å². The highest BCUT2D eigenvalue weighted by Gasteiger charge is 2.01. The minimum absolute atomic E-state index is 0.263. The summed E-state index contributed by atoms with van der Waals surface area (Å²) in [6, 6.07) is 11.2. The third kappa shape index (κ3) is 2.59. The molecule has 0 saturated heterocycles. The molecule has 0 amide bonds. The van der Waals surface area contributed by atoms with Gasteiger partial charge in [-0.1, -0.05) is 12.1 Å². The Kier molecular flexibility index (Phi) is 3.29. The number of nitrogens with zero attached hydrogens (tertiary/aromatic N) is 2. The van der Waals surface area contributed by atoms with Crippen LogP contribution in [0.4, 0.5) is 0 Å². The Balaban J connectivity index is 1.76. The normalized spacial score (nSPS) is 10.8. The van der Waals surface area contributed by atoms with Gasteiger partial charge in [-0.3, -0.25) is 4.68 Å². The van der Waals surface area contributed by atoms with Crippen molar-refractivity contribution in [1.29, 1.82) is 0 Å². The van der Waals surface area contributed by atoms with Gasteiger partial charge in [0.05, 0.1) is 6.20 Å². The minimum atomic E-state index is 0.263. The lowest BCUT2D eigenvalue weighted by Crippen LogP contribution is -1.95. The fourth-order valence-corrected chi connectivity index (χ4v) is 2.12. The molecule has 20 heavy (non-hydrogen) atoms. The standard InChI is InChI=1S/C16H16N2O2/c1-2-18-10-12(9-17-18)11-20-16-6-4-13-3-5-15(19)7-14(13)8-16/h3-10,19H,2,11H2,1H3. The van der Waals surface area contributed by atoms with Crippen molar-refractivity contribution in [3.05, 3.63) is 54.4 Å². The molecule has 0 fully saturated rings. The molecule has 4 heteroatoms. The molecule has 1 aromatic heterocycles. The smallest absolute Gasteiger partial charge is 0.120 e. The third-order valence-electron chi connectivity index (χ3n) is 3.21. The van der Waals surface area contributed by atoms with Gasteiger partial charge in [0.15, 0.2) is 0 Å². The second kappa shape index (κ2) is 5.25. The van der Waals surface area contributed by atoms with Gasteiger partial charge >= 0.3 is 0 Å². The second-order valence-electron chi connectivity index (χ2n) is 4.69. The van der Waals surface area contributed by atoms with E-state index < -0.39 is 0 Å². The average molecular weight is 268 g/mol. The summed E-state index contributed by atoms with van der Waals surface area (Å²) in [6.45, 7) is 3.40. The molecule has 1 N–H and O–H groups in total. The van der Waals surface area contributed by atoms with E-state index in [1.807, 2.05) is 48.3 Å². The van der Waals surface area contributed by atoms with Gasteiger partial charge in [-0.2, -0.15) is 5.10 Å². The van der Waals surface area contributed by atoms with E-state index in [2.05, 4.69) is 5.10 Å². The van der Waals surface area contributed by atoms with E-state index in [0.717, 1.165) is 28.6 Å². The number of aromatic hydroxyl groups is 1. The Morgan fingerprint density at radius 1 is 1.15 bits per heavy atom. The molecule has 0 aliphatic carbocycles. The zero-order valence-electron chi connectivity index (χ0n) is 11.3. The molecule has 0 atom stereocenters. The van der Waals surface area contributed by atoms with E-state index in [9.17, 15) is 5.11 Å². The average Bonchev–Trinajstić information content (AvgIpc) is 2.92. The van der Waals surface area contributed by atoms with Gasteiger partial charge in [0.25, 0.3) is 0 Å². The van der Waals surface area contributed by atoms with Gasteiger partial charge < -0.3 is 9.84 Å². The quantitative estimate of drug-likeness (QED) is 0.789. The third-order valence-corrected chi connectivity index (χ3v) is 3.21. The van der Waals surface area contributed by atoms with Crippen molar-refractivity contribution < 1.29 is 9.84 Å². The molecule has 3 rings (SSSR count). The number of fused-ring (bicyclic) bond motifs is 1. The van der Waals surface area contributed by atoms with Crippen molar-refractivity contribution in [2.45, 2.75) is 20.1 Å². The number of aromatic nitrogens is 2. The Morgan fingerprint density at radius 2 is 2.00 bits per heavy atom. The Morgan fingerprint density at radius 3 is 2.80 bits per heavy atom. The van der Waals surface area contributed by atoms with Crippen LogP contribution in [0.15, 0.2) is 48.8 Å². The summed E-state index contributed by atoms with van der Waals surface area (Å²) in [5, 5.41) is 15.8. The maximum absolute atomic E-state index is 9.51. The first-order valence-electron chi connectivity index (χ1n) is 6.61. The first-order valence-corrected chi connectivity index (χ1v) is 6.61. The van der Waals surface area contributed by atoms with E-state index in [1.165, 1.54) is 0 Å². The predicted octanol–water partition coefficient (Wildman–Crippen LogP) is 3.34. The van der Waals surface area contributed by atoms with Crippen molar-refractivity contribution in [1.82, 2.24) is 9.78 Å². The lowest BCUT2D eigenvalue weighted by atomic mass is 10.1. The number of phenols is 1. The van der Waals surface area contributed by atoms with E-state index in [-0.39, 0.29) is 5.75 Å².